The van der Waals surface area contributed by atoms with E-state index in [1.165, 1.54) is 11.4 Å². The number of methoxy groups -OCH3 is 1. The van der Waals surface area contributed by atoms with Crippen molar-refractivity contribution in [3.05, 3.63) is 23.8 Å². The van der Waals surface area contributed by atoms with E-state index in [0.29, 0.717) is 31.9 Å². The van der Waals surface area contributed by atoms with Gasteiger partial charge in [-0.05, 0) is 37.5 Å². The van der Waals surface area contributed by atoms with Crippen molar-refractivity contribution >= 4 is 15.9 Å². The zero-order valence-corrected chi connectivity index (χ0v) is 15.5. The fourth-order valence-electron chi connectivity index (χ4n) is 3.53. The molecule has 2 aliphatic heterocycles. The van der Waals surface area contributed by atoms with Crippen LogP contribution < -0.4 is 10.1 Å². The lowest BCUT2D eigenvalue weighted by molar-refractivity contribution is -0.135. The molecule has 1 aromatic carbocycles. The monoisotopic (exact) mass is 367 g/mol. The molecule has 1 amide bonds. The highest BCUT2D eigenvalue weighted by atomic mass is 32.2. The van der Waals surface area contributed by atoms with E-state index in [1.807, 2.05) is 17.9 Å². The van der Waals surface area contributed by atoms with Crippen LogP contribution in [0.15, 0.2) is 23.1 Å². The molecule has 138 valence electrons. The van der Waals surface area contributed by atoms with Crippen LogP contribution >= 0.6 is 0 Å². The maximum Gasteiger partial charge on any atom is 0.246 e. The van der Waals surface area contributed by atoms with Crippen LogP contribution in [0.1, 0.15) is 18.4 Å². The van der Waals surface area contributed by atoms with Crippen LogP contribution in [0.5, 0.6) is 5.75 Å². The number of nitrogens with zero attached hydrogens (tertiary/aromatic N) is 2. The van der Waals surface area contributed by atoms with Gasteiger partial charge in [0, 0.05) is 32.2 Å². The molecule has 0 bridgehead atoms. The smallest absolute Gasteiger partial charge is 0.246 e. The second-order valence-corrected chi connectivity index (χ2v) is 8.48. The van der Waals surface area contributed by atoms with Crippen molar-refractivity contribution in [3.63, 3.8) is 0 Å². The number of hydrogen-bond donors (Lipinski definition) is 1. The first-order chi connectivity index (χ1) is 11.9. The van der Waals surface area contributed by atoms with Crippen LogP contribution in [0.4, 0.5) is 0 Å². The van der Waals surface area contributed by atoms with Crippen molar-refractivity contribution in [2.24, 2.45) is 0 Å². The number of carbonyl (C=O) groups excluding carboxylic acids is 1. The molecule has 1 N–H and O–H groups in total. The highest BCUT2D eigenvalue weighted by Gasteiger charge is 2.36. The molecule has 2 fully saturated rings. The van der Waals surface area contributed by atoms with Crippen LogP contribution in [0.2, 0.25) is 0 Å². The molecule has 1 atom stereocenters. The van der Waals surface area contributed by atoms with E-state index >= 15 is 0 Å². The molecule has 0 radical (unpaired) electrons. The number of piperazine rings is 1. The summed E-state index contributed by atoms with van der Waals surface area (Å²) in [7, 11) is -2.19. The predicted octanol–water partition coefficient (Wildman–Crippen LogP) is 0.589. The van der Waals surface area contributed by atoms with Crippen LogP contribution in [0.3, 0.4) is 0 Å². The number of amides is 1. The molecule has 0 spiro atoms. The number of rotatable bonds is 4. The minimum Gasteiger partial charge on any atom is -0.495 e. The Morgan fingerprint density at radius 2 is 2.08 bits per heavy atom. The third kappa shape index (κ3) is 3.65. The number of aryl methyl sites for hydroxylation is 1. The van der Waals surface area contributed by atoms with E-state index in [0.717, 1.165) is 24.9 Å². The highest BCUT2D eigenvalue weighted by molar-refractivity contribution is 7.89. The van der Waals surface area contributed by atoms with Gasteiger partial charge in [0.15, 0.2) is 0 Å². The van der Waals surface area contributed by atoms with E-state index in [4.69, 9.17) is 4.74 Å². The summed E-state index contributed by atoms with van der Waals surface area (Å²) in [6.07, 6.45) is 1.58. The third-order valence-electron chi connectivity index (χ3n) is 4.86. The summed E-state index contributed by atoms with van der Waals surface area (Å²) in [6, 6.07) is 5.10. The van der Waals surface area contributed by atoms with Crippen molar-refractivity contribution in [3.8, 4) is 5.75 Å². The van der Waals surface area contributed by atoms with Gasteiger partial charge in [0.25, 0.3) is 0 Å². The van der Waals surface area contributed by atoms with Gasteiger partial charge in [-0.25, -0.2) is 8.42 Å². The average molecular weight is 367 g/mol. The van der Waals surface area contributed by atoms with E-state index in [2.05, 4.69) is 5.32 Å². The van der Waals surface area contributed by atoms with E-state index < -0.39 is 10.0 Å². The topological polar surface area (TPSA) is 79.0 Å². The number of ether oxygens (including phenoxy) is 1. The van der Waals surface area contributed by atoms with Crippen LogP contribution in [-0.2, 0) is 14.8 Å². The minimum absolute atomic E-state index is 0.0450. The minimum atomic E-state index is -3.66. The molecule has 0 saturated carbocycles. The predicted molar refractivity (Wildman–Crippen MR) is 94.1 cm³/mol. The Morgan fingerprint density at radius 1 is 1.28 bits per heavy atom. The first-order valence-electron chi connectivity index (χ1n) is 8.58. The van der Waals surface area contributed by atoms with Gasteiger partial charge in [0.2, 0.25) is 15.9 Å². The molecule has 0 aromatic heterocycles. The molecule has 2 saturated heterocycles. The Bertz CT molecular complexity index is 750. The molecule has 1 unspecified atom stereocenters. The molecule has 8 heteroatoms. The van der Waals surface area contributed by atoms with Crippen molar-refractivity contribution in [1.29, 1.82) is 0 Å². The van der Waals surface area contributed by atoms with Gasteiger partial charge >= 0.3 is 0 Å². The van der Waals surface area contributed by atoms with Gasteiger partial charge in [-0.15, -0.1) is 0 Å². The quantitative estimate of drug-likeness (QED) is 0.843. The number of sulfonamides is 1. The van der Waals surface area contributed by atoms with Gasteiger partial charge < -0.3 is 15.0 Å². The van der Waals surface area contributed by atoms with E-state index in [1.54, 1.807) is 12.1 Å². The molecule has 2 heterocycles. The van der Waals surface area contributed by atoms with Gasteiger partial charge in [-0.2, -0.15) is 4.31 Å². The zero-order valence-electron chi connectivity index (χ0n) is 14.7. The first-order valence-corrected chi connectivity index (χ1v) is 10.0. The molecule has 2 aliphatic rings. The summed E-state index contributed by atoms with van der Waals surface area (Å²) < 4.78 is 33.1. The number of carbonyl (C=O) groups is 1. The number of piperidine rings is 1. The average Bonchev–Trinajstić information content (AvgIpc) is 2.62. The van der Waals surface area contributed by atoms with Crippen LogP contribution in [0.25, 0.3) is 0 Å². The summed E-state index contributed by atoms with van der Waals surface area (Å²) in [5.74, 6) is 0.398. The number of hydrogen-bond acceptors (Lipinski definition) is 5. The van der Waals surface area contributed by atoms with Crippen LogP contribution in [0, 0.1) is 6.92 Å². The standard InChI is InChI=1S/C17H25N3O4S/c1-13-5-6-15(24-2)16(10-13)25(22,23)19-8-3-4-14(12-19)20-9-7-18-11-17(20)21/h5-6,10,14,18H,3-4,7-9,11-12H2,1-2H3. The molecule has 1 aromatic rings. The largest absolute Gasteiger partial charge is 0.495 e. The van der Waals surface area contributed by atoms with Crippen LogP contribution in [-0.4, -0.2) is 69.4 Å². The summed E-state index contributed by atoms with van der Waals surface area (Å²) >= 11 is 0. The Hall–Kier alpha value is -1.64. The summed E-state index contributed by atoms with van der Waals surface area (Å²) in [5.41, 5.74) is 0.866. The second kappa shape index (κ2) is 7.31. The molecular formula is C17H25N3O4S. The summed E-state index contributed by atoms with van der Waals surface area (Å²) in [5, 5.41) is 3.05. The molecular weight excluding hydrogens is 342 g/mol. The second-order valence-electron chi connectivity index (χ2n) is 6.58. The highest BCUT2D eigenvalue weighted by Crippen LogP contribution is 2.30. The summed E-state index contributed by atoms with van der Waals surface area (Å²) in [6.45, 7) is 4.37. The number of nitrogens with one attached hydrogen (secondary N) is 1. The maximum absolute atomic E-state index is 13.2. The number of benzene rings is 1. The Kier molecular flexibility index (Phi) is 5.31. The van der Waals surface area contributed by atoms with Gasteiger partial charge in [-0.3, -0.25) is 4.79 Å². The Morgan fingerprint density at radius 3 is 2.80 bits per heavy atom. The van der Waals surface area contributed by atoms with E-state index in [9.17, 15) is 13.2 Å². The third-order valence-corrected chi connectivity index (χ3v) is 6.75. The Balaban J connectivity index is 1.85. The normalized spacial score (nSPS) is 22.9. The molecule has 25 heavy (non-hydrogen) atoms. The first kappa shape index (κ1) is 18.2. The molecule has 3 rings (SSSR count). The fraction of sp³-hybridized carbons (Fsp3) is 0.588. The van der Waals surface area contributed by atoms with Gasteiger partial charge in [0.1, 0.15) is 10.6 Å². The SMILES string of the molecule is COc1ccc(C)cc1S(=O)(=O)N1CCCC(N2CCNCC2=O)C1. The fourth-order valence-corrected chi connectivity index (χ4v) is 5.28. The summed E-state index contributed by atoms with van der Waals surface area (Å²) in [4.78, 5) is 14.2. The van der Waals surface area contributed by atoms with Gasteiger partial charge in [-0.1, -0.05) is 6.07 Å². The molecule has 7 nitrogen and oxygen atoms in total. The lowest BCUT2D eigenvalue weighted by atomic mass is 10.1. The van der Waals surface area contributed by atoms with Crippen molar-refractivity contribution < 1.29 is 17.9 Å². The van der Waals surface area contributed by atoms with Crippen molar-refractivity contribution in [2.45, 2.75) is 30.7 Å². The lowest BCUT2D eigenvalue weighted by Crippen LogP contribution is -2.57. The Labute approximate surface area is 149 Å². The maximum atomic E-state index is 13.2. The zero-order chi connectivity index (χ0) is 18.0. The molecule has 0 aliphatic carbocycles. The van der Waals surface area contributed by atoms with Crippen molar-refractivity contribution in [2.75, 3.05) is 39.8 Å². The van der Waals surface area contributed by atoms with E-state index in [-0.39, 0.29) is 16.8 Å². The van der Waals surface area contributed by atoms with Crippen molar-refractivity contribution in [1.82, 2.24) is 14.5 Å². The lowest BCUT2D eigenvalue weighted by Gasteiger charge is -2.40. The van der Waals surface area contributed by atoms with Gasteiger partial charge in [0.05, 0.1) is 13.7 Å².